The summed E-state index contributed by atoms with van der Waals surface area (Å²) in [6.45, 7) is 7.36. The SMILES string of the molecule is Cc1cc(CN2CCN(c3nccs3)CC2)ccc1N. The van der Waals surface area contributed by atoms with Crippen molar-refractivity contribution in [3.8, 4) is 0 Å². The highest BCUT2D eigenvalue weighted by Gasteiger charge is 2.18. The maximum atomic E-state index is 5.87. The van der Waals surface area contributed by atoms with E-state index in [9.17, 15) is 0 Å². The van der Waals surface area contributed by atoms with Gasteiger partial charge in [0.15, 0.2) is 5.13 Å². The third-order valence-corrected chi connectivity index (χ3v) is 4.63. The van der Waals surface area contributed by atoms with Crippen molar-refractivity contribution in [3.05, 3.63) is 40.9 Å². The number of hydrogen-bond acceptors (Lipinski definition) is 5. The maximum Gasteiger partial charge on any atom is 0.185 e. The van der Waals surface area contributed by atoms with E-state index in [2.05, 4.69) is 33.8 Å². The van der Waals surface area contributed by atoms with Crippen LogP contribution in [0.2, 0.25) is 0 Å². The first kappa shape index (κ1) is 13.4. The molecule has 1 aromatic heterocycles. The first-order chi connectivity index (χ1) is 9.72. The Hall–Kier alpha value is -1.59. The van der Waals surface area contributed by atoms with Gasteiger partial charge in [0.25, 0.3) is 0 Å². The zero-order chi connectivity index (χ0) is 13.9. The summed E-state index contributed by atoms with van der Waals surface area (Å²) >= 11 is 1.72. The van der Waals surface area contributed by atoms with E-state index in [0.29, 0.717) is 0 Å². The molecule has 0 aliphatic carbocycles. The number of rotatable bonds is 3. The zero-order valence-electron chi connectivity index (χ0n) is 11.7. The van der Waals surface area contributed by atoms with Gasteiger partial charge in [0, 0.05) is 50.0 Å². The van der Waals surface area contributed by atoms with Gasteiger partial charge in [0.05, 0.1) is 0 Å². The fraction of sp³-hybridized carbons (Fsp3) is 0.400. The summed E-state index contributed by atoms with van der Waals surface area (Å²) < 4.78 is 0. The van der Waals surface area contributed by atoms with E-state index in [0.717, 1.165) is 43.5 Å². The molecule has 0 spiro atoms. The van der Waals surface area contributed by atoms with E-state index in [4.69, 9.17) is 5.73 Å². The molecule has 0 radical (unpaired) electrons. The molecule has 0 unspecified atom stereocenters. The molecule has 1 aliphatic rings. The second-order valence-corrected chi connectivity index (χ2v) is 6.14. The van der Waals surface area contributed by atoms with Gasteiger partial charge in [-0.2, -0.15) is 0 Å². The Morgan fingerprint density at radius 3 is 2.70 bits per heavy atom. The Labute approximate surface area is 123 Å². The summed E-state index contributed by atoms with van der Waals surface area (Å²) in [5, 5.41) is 3.19. The predicted octanol–water partition coefficient (Wildman–Crippen LogP) is 2.36. The molecule has 2 aromatic rings. The fourth-order valence-corrected chi connectivity index (χ4v) is 3.26. The molecule has 0 bridgehead atoms. The van der Waals surface area contributed by atoms with Crippen molar-refractivity contribution in [2.24, 2.45) is 0 Å². The Kier molecular flexibility index (Phi) is 3.89. The number of hydrogen-bond donors (Lipinski definition) is 1. The van der Waals surface area contributed by atoms with Gasteiger partial charge >= 0.3 is 0 Å². The second-order valence-electron chi connectivity index (χ2n) is 5.27. The molecule has 1 saturated heterocycles. The molecule has 2 heterocycles. The summed E-state index contributed by atoms with van der Waals surface area (Å²) in [5.41, 5.74) is 9.26. The van der Waals surface area contributed by atoms with Crippen LogP contribution in [-0.2, 0) is 6.54 Å². The van der Waals surface area contributed by atoms with E-state index in [1.165, 1.54) is 11.1 Å². The van der Waals surface area contributed by atoms with Crippen LogP contribution in [0, 0.1) is 6.92 Å². The van der Waals surface area contributed by atoms with Crippen molar-refractivity contribution < 1.29 is 0 Å². The largest absolute Gasteiger partial charge is 0.399 e. The number of aryl methyl sites for hydroxylation is 1. The summed E-state index contributed by atoms with van der Waals surface area (Å²) in [4.78, 5) is 9.25. The number of thiazole rings is 1. The molecule has 0 atom stereocenters. The highest BCUT2D eigenvalue weighted by molar-refractivity contribution is 7.13. The van der Waals surface area contributed by atoms with Gasteiger partial charge in [-0.1, -0.05) is 12.1 Å². The van der Waals surface area contributed by atoms with E-state index >= 15 is 0 Å². The zero-order valence-corrected chi connectivity index (χ0v) is 12.6. The van der Waals surface area contributed by atoms with Gasteiger partial charge in [-0.3, -0.25) is 4.90 Å². The molecule has 20 heavy (non-hydrogen) atoms. The average Bonchev–Trinajstić information content (AvgIpc) is 2.98. The number of nitrogen functional groups attached to an aromatic ring is 1. The van der Waals surface area contributed by atoms with Crippen molar-refractivity contribution in [1.29, 1.82) is 0 Å². The van der Waals surface area contributed by atoms with Crippen LogP contribution in [0.3, 0.4) is 0 Å². The number of piperazine rings is 1. The van der Waals surface area contributed by atoms with Gasteiger partial charge in [0.1, 0.15) is 0 Å². The monoisotopic (exact) mass is 288 g/mol. The molecule has 5 heteroatoms. The van der Waals surface area contributed by atoms with Gasteiger partial charge in [-0.25, -0.2) is 4.98 Å². The first-order valence-electron chi connectivity index (χ1n) is 6.94. The van der Waals surface area contributed by atoms with Gasteiger partial charge in [-0.15, -0.1) is 11.3 Å². The molecule has 0 amide bonds. The fourth-order valence-electron chi connectivity index (χ4n) is 2.56. The minimum absolute atomic E-state index is 0.877. The van der Waals surface area contributed by atoms with Crippen LogP contribution < -0.4 is 10.6 Å². The highest BCUT2D eigenvalue weighted by Crippen LogP contribution is 2.20. The van der Waals surface area contributed by atoms with Crippen LogP contribution >= 0.6 is 11.3 Å². The lowest BCUT2D eigenvalue weighted by atomic mass is 10.1. The van der Waals surface area contributed by atoms with Crippen molar-refractivity contribution in [3.63, 3.8) is 0 Å². The summed E-state index contributed by atoms with van der Waals surface area (Å²) in [7, 11) is 0. The summed E-state index contributed by atoms with van der Waals surface area (Å²) in [5.74, 6) is 0. The van der Waals surface area contributed by atoms with Crippen LogP contribution in [0.4, 0.5) is 10.8 Å². The topological polar surface area (TPSA) is 45.4 Å². The molecular formula is C15H20N4S. The lowest BCUT2D eigenvalue weighted by molar-refractivity contribution is 0.250. The molecule has 1 aliphatic heterocycles. The van der Waals surface area contributed by atoms with Crippen molar-refractivity contribution in [2.45, 2.75) is 13.5 Å². The second kappa shape index (κ2) is 5.81. The number of aromatic nitrogens is 1. The lowest BCUT2D eigenvalue weighted by Crippen LogP contribution is -2.45. The van der Waals surface area contributed by atoms with Crippen LogP contribution in [0.15, 0.2) is 29.8 Å². The molecule has 0 saturated carbocycles. The van der Waals surface area contributed by atoms with Gasteiger partial charge in [-0.05, 0) is 24.1 Å². The Balaban J connectivity index is 1.57. The minimum Gasteiger partial charge on any atom is -0.399 e. The summed E-state index contributed by atoms with van der Waals surface area (Å²) in [6.07, 6.45) is 1.88. The number of anilines is 2. The molecule has 106 valence electrons. The minimum atomic E-state index is 0.877. The number of benzene rings is 1. The van der Waals surface area contributed by atoms with E-state index in [-0.39, 0.29) is 0 Å². The Bertz CT molecular complexity index is 559. The highest BCUT2D eigenvalue weighted by atomic mass is 32.1. The third-order valence-electron chi connectivity index (χ3n) is 3.80. The predicted molar refractivity (Wildman–Crippen MR) is 85.2 cm³/mol. The average molecular weight is 288 g/mol. The van der Waals surface area contributed by atoms with E-state index < -0.39 is 0 Å². The molecule has 1 fully saturated rings. The lowest BCUT2D eigenvalue weighted by Gasteiger charge is -2.34. The molecule has 2 N–H and O–H groups in total. The first-order valence-corrected chi connectivity index (χ1v) is 7.82. The van der Waals surface area contributed by atoms with Crippen LogP contribution in [-0.4, -0.2) is 36.1 Å². The molecule has 3 rings (SSSR count). The van der Waals surface area contributed by atoms with Crippen molar-refractivity contribution in [2.75, 3.05) is 36.8 Å². The number of nitrogens with two attached hydrogens (primary N) is 1. The van der Waals surface area contributed by atoms with Crippen LogP contribution in [0.5, 0.6) is 0 Å². The third kappa shape index (κ3) is 2.94. The quantitative estimate of drug-likeness (QED) is 0.881. The van der Waals surface area contributed by atoms with Gasteiger partial charge < -0.3 is 10.6 Å². The van der Waals surface area contributed by atoms with Crippen LogP contribution in [0.25, 0.3) is 0 Å². The van der Waals surface area contributed by atoms with Gasteiger partial charge in [0.2, 0.25) is 0 Å². The van der Waals surface area contributed by atoms with E-state index in [1.54, 1.807) is 11.3 Å². The van der Waals surface area contributed by atoms with Crippen molar-refractivity contribution in [1.82, 2.24) is 9.88 Å². The van der Waals surface area contributed by atoms with E-state index in [1.807, 2.05) is 17.6 Å². The number of nitrogens with zero attached hydrogens (tertiary/aromatic N) is 3. The van der Waals surface area contributed by atoms with Crippen molar-refractivity contribution >= 4 is 22.2 Å². The normalized spacial score (nSPS) is 16.6. The Morgan fingerprint density at radius 1 is 1.25 bits per heavy atom. The Morgan fingerprint density at radius 2 is 2.05 bits per heavy atom. The summed E-state index contributed by atoms with van der Waals surface area (Å²) in [6, 6.07) is 6.34. The molecule has 4 nitrogen and oxygen atoms in total. The maximum absolute atomic E-state index is 5.87. The smallest absolute Gasteiger partial charge is 0.185 e. The molecular weight excluding hydrogens is 268 g/mol. The standard InChI is InChI=1S/C15H20N4S/c1-12-10-13(2-3-14(12)16)11-18-5-7-19(8-6-18)15-17-4-9-20-15/h2-4,9-10H,5-8,11,16H2,1H3. The molecule has 1 aromatic carbocycles. The van der Waals surface area contributed by atoms with Crippen LogP contribution in [0.1, 0.15) is 11.1 Å².